The van der Waals surface area contributed by atoms with Crippen molar-refractivity contribution in [2.75, 3.05) is 13.2 Å². The van der Waals surface area contributed by atoms with Crippen molar-refractivity contribution in [1.82, 2.24) is 0 Å². The lowest BCUT2D eigenvalue weighted by atomic mass is 9.44. The van der Waals surface area contributed by atoms with Crippen LogP contribution in [0, 0.1) is 11.3 Å². The van der Waals surface area contributed by atoms with Crippen LogP contribution in [0.25, 0.3) is 0 Å². The van der Waals surface area contributed by atoms with E-state index in [9.17, 15) is 30.0 Å². The number of benzene rings is 1. The van der Waals surface area contributed by atoms with Crippen molar-refractivity contribution in [1.29, 1.82) is 0 Å². The standard InChI is InChI=1S/C24H28O12/c1-11(25)31-9-13-16(26)17(27)18(28)20(33-13)35-23-7-14-22(23,21-34-15(23)8-24(14,30)36-21)10-32-19(29)12-5-3-2-4-6-12/h2-6,13-18,20-21,26-28,30H,7-10H2,1H3. The number of carbonyl (C=O) groups is 2. The van der Waals surface area contributed by atoms with Crippen molar-refractivity contribution in [2.24, 2.45) is 11.3 Å². The van der Waals surface area contributed by atoms with Crippen LogP contribution in [0.15, 0.2) is 30.3 Å². The predicted molar refractivity (Wildman–Crippen MR) is 114 cm³/mol. The molecule has 3 saturated carbocycles. The summed E-state index contributed by atoms with van der Waals surface area (Å²) in [7, 11) is 0. The number of hydrogen-bond donors (Lipinski definition) is 4. The van der Waals surface area contributed by atoms with E-state index in [0.29, 0.717) is 5.56 Å². The summed E-state index contributed by atoms with van der Waals surface area (Å²) in [6, 6.07) is 8.44. The van der Waals surface area contributed by atoms with Crippen LogP contribution in [0.2, 0.25) is 0 Å². The van der Waals surface area contributed by atoms with E-state index in [0.717, 1.165) is 0 Å². The van der Waals surface area contributed by atoms with E-state index in [-0.39, 0.29) is 26.1 Å². The summed E-state index contributed by atoms with van der Waals surface area (Å²) in [6.07, 6.45) is -8.59. The Morgan fingerprint density at radius 1 is 1.03 bits per heavy atom. The number of carbonyl (C=O) groups excluding carboxylic acids is 2. The highest BCUT2D eigenvalue weighted by molar-refractivity contribution is 5.89. The Hall–Kier alpha value is -2.16. The van der Waals surface area contributed by atoms with Gasteiger partial charge in [-0.05, 0) is 18.6 Å². The minimum atomic E-state index is -1.64. The molecule has 8 rings (SSSR count). The molecule has 4 heterocycles. The lowest BCUT2D eigenvalue weighted by molar-refractivity contribution is -0.403. The first-order chi connectivity index (χ1) is 17.1. The molecule has 1 aromatic rings. The maximum Gasteiger partial charge on any atom is 0.338 e. The van der Waals surface area contributed by atoms with Gasteiger partial charge in [0.05, 0.1) is 17.1 Å². The summed E-state index contributed by atoms with van der Waals surface area (Å²) in [6.45, 7) is 0.650. The van der Waals surface area contributed by atoms with Gasteiger partial charge in [-0.15, -0.1) is 0 Å². The molecular formula is C24H28O12. The molecule has 7 fully saturated rings. The topological polar surface area (TPSA) is 170 Å². The van der Waals surface area contributed by atoms with Gasteiger partial charge < -0.3 is 48.8 Å². The molecule has 4 N–H and O–H groups in total. The first-order valence-electron chi connectivity index (χ1n) is 11.9. The maximum absolute atomic E-state index is 12.7. The molecule has 12 nitrogen and oxygen atoms in total. The van der Waals surface area contributed by atoms with Crippen molar-refractivity contribution in [3.63, 3.8) is 0 Å². The fraction of sp³-hybridized carbons (Fsp3) is 0.667. The minimum absolute atomic E-state index is 0.105. The summed E-state index contributed by atoms with van der Waals surface area (Å²) in [5.74, 6) is -3.10. The number of ether oxygens (including phenoxy) is 6. The van der Waals surface area contributed by atoms with E-state index in [1.807, 2.05) is 0 Å². The average molecular weight is 508 g/mol. The third-order valence-electron chi connectivity index (χ3n) is 8.38. The van der Waals surface area contributed by atoms with Crippen LogP contribution in [0.5, 0.6) is 0 Å². The molecule has 11 atom stereocenters. The maximum atomic E-state index is 12.7. The molecule has 7 aliphatic rings. The van der Waals surface area contributed by atoms with E-state index in [2.05, 4.69) is 0 Å². The molecule has 6 bridgehead atoms. The SMILES string of the molecule is CC(=O)OCC1OC(OC23CC4C5(O)CC2OC(O5)C43COC(=O)c2ccccc2)C(O)C(O)C1O. The van der Waals surface area contributed by atoms with Gasteiger partial charge in [0.15, 0.2) is 18.4 Å². The molecule has 4 aliphatic heterocycles. The van der Waals surface area contributed by atoms with E-state index >= 15 is 0 Å². The van der Waals surface area contributed by atoms with Crippen molar-refractivity contribution in [3.8, 4) is 0 Å². The lowest BCUT2D eigenvalue weighted by Crippen LogP contribution is -2.77. The summed E-state index contributed by atoms with van der Waals surface area (Å²) >= 11 is 0. The average Bonchev–Trinajstić information content (AvgIpc) is 3.06. The van der Waals surface area contributed by atoms with Crippen LogP contribution in [-0.4, -0.2) is 100 Å². The van der Waals surface area contributed by atoms with Gasteiger partial charge in [-0.1, -0.05) is 18.2 Å². The van der Waals surface area contributed by atoms with Crippen molar-refractivity contribution in [2.45, 2.75) is 74.3 Å². The smallest absolute Gasteiger partial charge is 0.338 e. The molecule has 0 amide bonds. The third kappa shape index (κ3) is 3.16. The van der Waals surface area contributed by atoms with E-state index in [1.54, 1.807) is 30.3 Å². The molecule has 11 unspecified atom stereocenters. The van der Waals surface area contributed by atoms with Crippen LogP contribution in [0.3, 0.4) is 0 Å². The Bertz CT molecular complexity index is 1050. The highest BCUT2D eigenvalue weighted by atomic mass is 16.8. The first kappa shape index (κ1) is 24.2. The zero-order valence-corrected chi connectivity index (χ0v) is 19.4. The Balaban J connectivity index is 1.26. The second kappa shape index (κ2) is 8.17. The van der Waals surface area contributed by atoms with Gasteiger partial charge in [0.2, 0.25) is 0 Å². The molecule has 4 saturated heterocycles. The Kier molecular flexibility index (Phi) is 5.49. The van der Waals surface area contributed by atoms with Crippen molar-refractivity contribution in [3.05, 3.63) is 35.9 Å². The molecule has 0 radical (unpaired) electrons. The quantitative estimate of drug-likeness (QED) is 0.326. The minimum Gasteiger partial charge on any atom is -0.463 e. The van der Waals surface area contributed by atoms with Crippen LogP contribution in [0.1, 0.15) is 30.1 Å². The van der Waals surface area contributed by atoms with Crippen molar-refractivity contribution < 1.29 is 58.4 Å². The van der Waals surface area contributed by atoms with E-state index in [1.165, 1.54) is 6.92 Å². The fourth-order valence-corrected chi connectivity index (χ4v) is 6.57. The van der Waals surface area contributed by atoms with Crippen LogP contribution >= 0.6 is 0 Å². The normalized spacial score (nSPS) is 47.9. The van der Waals surface area contributed by atoms with Gasteiger partial charge in [0.25, 0.3) is 0 Å². The summed E-state index contributed by atoms with van der Waals surface area (Å²) in [4.78, 5) is 23.9. The molecule has 0 spiro atoms. The number of rotatable bonds is 7. The summed E-state index contributed by atoms with van der Waals surface area (Å²) < 4.78 is 34.5. The summed E-state index contributed by atoms with van der Waals surface area (Å²) in [5, 5.41) is 42.5. The monoisotopic (exact) mass is 508 g/mol. The molecule has 1 aromatic carbocycles. The number of hydrogen-bond acceptors (Lipinski definition) is 12. The zero-order chi connectivity index (χ0) is 25.5. The fourth-order valence-electron chi connectivity index (χ4n) is 6.57. The summed E-state index contributed by atoms with van der Waals surface area (Å²) in [5.41, 5.74) is -1.89. The van der Waals surface area contributed by atoms with Gasteiger partial charge >= 0.3 is 11.9 Å². The van der Waals surface area contributed by atoms with Gasteiger partial charge in [-0.25, -0.2) is 4.79 Å². The molecule has 0 aromatic heterocycles. The second-order valence-corrected chi connectivity index (χ2v) is 10.2. The number of esters is 2. The Morgan fingerprint density at radius 3 is 2.50 bits per heavy atom. The predicted octanol–water partition coefficient (Wildman–Crippen LogP) is -1.18. The lowest BCUT2D eigenvalue weighted by Gasteiger charge is -2.64. The van der Waals surface area contributed by atoms with Gasteiger partial charge in [0.1, 0.15) is 43.2 Å². The van der Waals surface area contributed by atoms with Crippen LogP contribution < -0.4 is 0 Å². The largest absolute Gasteiger partial charge is 0.463 e. The number of aliphatic hydroxyl groups is 4. The molecule has 36 heavy (non-hydrogen) atoms. The van der Waals surface area contributed by atoms with Gasteiger partial charge in [0, 0.05) is 19.3 Å². The molecule has 3 aliphatic carbocycles. The third-order valence-corrected chi connectivity index (χ3v) is 8.38. The van der Waals surface area contributed by atoms with Gasteiger partial charge in [-0.2, -0.15) is 0 Å². The van der Waals surface area contributed by atoms with Gasteiger partial charge in [-0.3, -0.25) is 4.79 Å². The van der Waals surface area contributed by atoms with E-state index in [4.69, 9.17) is 28.4 Å². The first-order valence-corrected chi connectivity index (χ1v) is 11.9. The van der Waals surface area contributed by atoms with E-state index < -0.39 is 77.8 Å². The highest BCUT2D eigenvalue weighted by Gasteiger charge is 2.91. The Labute approximate surface area is 205 Å². The molecule has 12 heteroatoms. The van der Waals surface area contributed by atoms with Crippen LogP contribution in [-0.2, 0) is 33.2 Å². The van der Waals surface area contributed by atoms with Crippen LogP contribution in [0.4, 0.5) is 0 Å². The molecule has 196 valence electrons. The zero-order valence-electron chi connectivity index (χ0n) is 19.4. The second-order valence-electron chi connectivity index (χ2n) is 10.2. The molecular weight excluding hydrogens is 480 g/mol. The Morgan fingerprint density at radius 2 is 1.78 bits per heavy atom. The van der Waals surface area contributed by atoms with Crippen molar-refractivity contribution >= 4 is 11.9 Å². The number of aliphatic hydroxyl groups excluding tert-OH is 3. The highest BCUT2D eigenvalue weighted by Crippen LogP contribution is 2.78.